The van der Waals surface area contributed by atoms with E-state index in [9.17, 15) is 5.11 Å². The second kappa shape index (κ2) is 7.34. The molecule has 0 aromatic heterocycles. The minimum absolute atomic E-state index is 0.124. The molecule has 2 N–H and O–H groups in total. The van der Waals surface area contributed by atoms with E-state index in [1.165, 1.54) is 6.42 Å². The molecule has 0 aromatic rings. The van der Waals surface area contributed by atoms with Crippen molar-refractivity contribution in [2.24, 2.45) is 17.8 Å². The van der Waals surface area contributed by atoms with Gasteiger partial charge in [0.2, 0.25) is 0 Å². The molecular weight excluding hydrogens is 214 g/mol. The summed E-state index contributed by atoms with van der Waals surface area (Å²) < 4.78 is 0. The van der Waals surface area contributed by atoms with Gasteiger partial charge in [-0.25, -0.2) is 0 Å². The fourth-order valence-corrected chi connectivity index (χ4v) is 2.92. The van der Waals surface area contributed by atoms with Gasteiger partial charge in [-0.1, -0.05) is 13.8 Å². The van der Waals surface area contributed by atoms with Crippen LogP contribution in [0.2, 0.25) is 0 Å². The van der Waals surface area contributed by atoms with E-state index in [2.05, 4.69) is 25.8 Å². The van der Waals surface area contributed by atoms with E-state index in [0.717, 1.165) is 44.2 Å². The molecule has 1 fully saturated rings. The summed E-state index contributed by atoms with van der Waals surface area (Å²) in [5, 5.41) is 18.9. The van der Waals surface area contributed by atoms with Crippen LogP contribution in [-0.2, 0) is 0 Å². The van der Waals surface area contributed by atoms with Gasteiger partial charge in [0.05, 0.1) is 6.10 Å². The Morgan fingerprint density at radius 2 is 2.00 bits per heavy atom. The summed E-state index contributed by atoms with van der Waals surface area (Å²) in [6, 6.07) is 0. The molecule has 0 radical (unpaired) electrons. The lowest BCUT2D eigenvalue weighted by molar-refractivity contribution is 0.0218. The largest absolute Gasteiger partial charge is 0.396 e. The molecule has 1 saturated carbocycles. The molecular formula is C14H29NO2. The predicted molar refractivity (Wildman–Crippen MR) is 70.9 cm³/mol. The smallest absolute Gasteiger partial charge is 0.0580 e. The van der Waals surface area contributed by atoms with Gasteiger partial charge in [0, 0.05) is 19.7 Å². The van der Waals surface area contributed by atoms with Crippen molar-refractivity contribution in [3.8, 4) is 0 Å². The molecule has 0 aromatic carbocycles. The summed E-state index contributed by atoms with van der Waals surface area (Å²) in [5.41, 5.74) is 0. The summed E-state index contributed by atoms with van der Waals surface area (Å²) in [6.07, 6.45) is 3.99. The second-order valence-corrected chi connectivity index (χ2v) is 5.98. The van der Waals surface area contributed by atoms with Crippen molar-refractivity contribution in [2.75, 3.05) is 26.7 Å². The van der Waals surface area contributed by atoms with Gasteiger partial charge in [0.1, 0.15) is 0 Å². The lowest BCUT2D eigenvalue weighted by Crippen LogP contribution is -2.38. The first-order chi connectivity index (χ1) is 8.04. The summed E-state index contributed by atoms with van der Waals surface area (Å²) in [4.78, 5) is 2.24. The van der Waals surface area contributed by atoms with Crippen LogP contribution in [-0.4, -0.2) is 48.0 Å². The Morgan fingerprint density at radius 1 is 1.29 bits per heavy atom. The number of nitrogens with zero attached hydrogens (tertiary/aromatic N) is 1. The highest BCUT2D eigenvalue weighted by Gasteiger charge is 2.30. The second-order valence-electron chi connectivity index (χ2n) is 5.98. The Bertz CT molecular complexity index is 208. The SMILES string of the molecule is CC(C)C1CCC(O)C(CN(C)CCCO)C1. The van der Waals surface area contributed by atoms with Crippen LogP contribution in [0.3, 0.4) is 0 Å². The van der Waals surface area contributed by atoms with Gasteiger partial charge < -0.3 is 15.1 Å². The predicted octanol–water partition coefficient (Wildman–Crippen LogP) is 1.73. The van der Waals surface area contributed by atoms with Crippen LogP contribution in [0, 0.1) is 17.8 Å². The van der Waals surface area contributed by atoms with Gasteiger partial charge in [0.15, 0.2) is 0 Å². The Balaban J connectivity index is 2.38. The first kappa shape index (κ1) is 14.9. The quantitative estimate of drug-likeness (QED) is 0.747. The average molecular weight is 243 g/mol. The third kappa shape index (κ3) is 4.94. The molecule has 0 saturated heterocycles. The lowest BCUT2D eigenvalue weighted by atomic mass is 9.74. The van der Waals surface area contributed by atoms with Crippen molar-refractivity contribution in [3.63, 3.8) is 0 Å². The zero-order valence-corrected chi connectivity index (χ0v) is 11.6. The monoisotopic (exact) mass is 243 g/mol. The zero-order valence-electron chi connectivity index (χ0n) is 11.6. The average Bonchev–Trinajstić information content (AvgIpc) is 2.29. The first-order valence-electron chi connectivity index (χ1n) is 7.02. The molecule has 3 unspecified atom stereocenters. The minimum Gasteiger partial charge on any atom is -0.396 e. The summed E-state index contributed by atoms with van der Waals surface area (Å²) in [7, 11) is 2.08. The molecule has 102 valence electrons. The minimum atomic E-state index is -0.124. The molecule has 3 nitrogen and oxygen atoms in total. The van der Waals surface area contributed by atoms with E-state index in [1.807, 2.05) is 0 Å². The van der Waals surface area contributed by atoms with Gasteiger partial charge in [-0.15, -0.1) is 0 Å². The van der Waals surface area contributed by atoms with Crippen molar-refractivity contribution in [3.05, 3.63) is 0 Å². The Kier molecular flexibility index (Phi) is 6.45. The van der Waals surface area contributed by atoms with Crippen molar-refractivity contribution in [1.82, 2.24) is 4.90 Å². The molecule has 17 heavy (non-hydrogen) atoms. The Morgan fingerprint density at radius 3 is 2.59 bits per heavy atom. The first-order valence-corrected chi connectivity index (χ1v) is 7.02. The molecule has 0 amide bonds. The molecule has 3 atom stereocenters. The molecule has 3 heteroatoms. The van der Waals surface area contributed by atoms with Gasteiger partial charge in [-0.05, 0) is 50.5 Å². The van der Waals surface area contributed by atoms with Crippen LogP contribution in [0.25, 0.3) is 0 Å². The molecule has 0 heterocycles. The molecule has 0 spiro atoms. The number of hydrogen-bond donors (Lipinski definition) is 2. The fourth-order valence-electron chi connectivity index (χ4n) is 2.92. The van der Waals surface area contributed by atoms with Crippen molar-refractivity contribution in [2.45, 2.75) is 45.6 Å². The summed E-state index contributed by atoms with van der Waals surface area (Å²) >= 11 is 0. The molecule has 1 aliphatic carbocycles. The standard InChI is InChI=1S/C14H29NO2/c1-11(2)12-5-6-14(17)13(9-12)10-15(3)7-4-8-16/h11-14,16-17H,4-10H2,1-3H3. The van der Waals surface area contributed by atoms with Gasteiger partial charge in [0.25, 0.3) is 0 Å². The van der Waals surface area contributed by atoms with Gasteiger partial charge in [-0.3, -0.25) is 0 Å². The third-order valence-electron chi connectivity index (χ3n) is 4.17. The molecule has 1 aliphatic rings. The van der Waals surface area contributed by atoms with Crippen molar-refractivity contribution in [1.29, 1.82) is 0 Å². The van der Waals surface area contributed by atoms with Crippen LogP contribution in [0.5, 0.6) is 0 Å². The summed E-state index contributed by atoms with van der Waals surface area (Å²) in [5.74, 6) is 1.92. The molecule has 0 bridgehead atoms. The van der Waals surface area contributed by atoms with E-state index < -0.39 is 0 Å². The number of hydrogen-bond acceptors (Lipinski definition) is 3. The van der Waals surface area contributed by atoms with E-state index in [4.69, 9.17) is 5.11 Å². The van der Waals surface area contributed by atoms with Gasteiger partial charge >= 0.3 is 0 Å². The third-order valence-corrected chi connectivity index (χ3v) is 4.17. The Hall–Kier alpha value is -0.120. The van der Waals surface area contributed by atoms with Crippen LogP contribution >= 0.6 is 0 Å². The molecule has 0 aliphatic heterocycles. The van der Waals surface area contributed by atoms with Crippen LogP contribution in [0.4, 0.5) is 0 Å². The van der Waals surface area contributed by atoms with Crippen molar-refractivity contribution >= 4 is 0 Å². The van der Waals surface area contributed by atoms with Crippen LogP contribution in [0.15, 0.2) is 0 Å². The zero-order chi connectivity index (χ0) is 12.8. The van der Waals surface area contributed by atoms with E-state index in [0.29, 0.717) is 5.92 Å². The number of rotatable bonds is 6. The lowest BCUT2D eigenvalue weighted by Gasteiger charge is -2.37. The van der Waals surface area contributed by atoms with Crippen LogP contribution in [0.1, 0.15) is 39.5 Å². The van der Waals surface area contributed by atoms with E-state index in [-0.39, 0.29) is 12.7 Å². The number of aliphatic hydroxyl groups is 2. The van der Waals surface area contributed by atoms with E-state index >= 15 is 0 Å². The maximum atomic E-state index is 10.1. The van der Waals surface area contributed by atoms with E-state index in [1.54, 1.807) is 0 Å². The normalized spacial score (nSPS) is 30.2. The topological polar surface area (TPSA) is 43.7 Å². The highest BCUT2D eigenvalue weighted by Crippen LogP contribution is 2.34. The number of aliphatic hydroxyl groups excluding tert-OH is 2. The Labute approximate surface area is 106 Å². The summed E-state index contributed by atoms with van der Waals surface area (Å²) in [6.45, 7) is 6.71. The highest BCUT2D eigenvalue weighted by molar-refractivity contribution is 4.82. The van der Waals surface area contributed by atoms with Crippen molar-refractivity contribution < 1.29 is 10.2 Å². The fraction of sp³-hybridized carbons (Fsp3) is 1.00. The van der Waals surface area contributed by atoms with Gasteiger partial charge in [-0.2, -0.15) is 0 Å². The maximum Gasteiger partial charge on any atom is 0.0580 e. The van der Waals surface area contributed by atoms with Crippen LogP contribution < -0.4 is 0 Å². The highest BCUT2D eigenvalue weighted by atomic mass is 16.3. The maximum absolute atomic E-state index is 10.1. The molecule has 1 rings (SSSR count).